The molecule has 1 heterocycles. The first-order valence-corrected chi connectivity index (χ1v) is 6.46. The first-order chi connectivity index (χ1) is 8.66. The monoisotopic (exact) mass is 312 g/mol. The zero-order valence-electron chi connectivity index (χ0n) is 9.56. The molecule has 1 aliphatic carbocycles. The van der Waals surface area contributed by atoms with Crippen molar-refractivity contribution in [2.24, 2.45) is 9.98 Å². The van der Waals surface area contributed by atoms with E-state index in [9.17, 15) is 9.90 Å². The highest BCUT2D eigenvalue weighted by atomic mass is 79.9. The molecule has 18 heavy (non-hydrogen) atoms. The number of rotatable bonds is 1. The molecule has 1 unspecified atom stereocenters. The Labute approximate surface area is 113 Å². The van der Waals surface area contributed by atoms with Gasteiger partial charge in [-0.25, -0.2) is 9.98 Å². The van der Waals surface area contributed by atoms with Gasteiger partial charge in [-0.1, -0.05) is 22.0 Å². The topological polar surface area (TPSA) is 86.1 Å². The second-order valence-corrected chi connectivity index (χ2v) is 5.02. The molecule has 1 atom stereocenters. The lowest BCUT2D eigenvalue weighted by Gasteiger charge is -2.14. The number of guanidine groups is 1. The molecule has 0 aromatic rings. The van der Waals surface area contributed by atoms with Crippen molar-refractivity contribution in [1.82, 2.24) is 10.9 Å². The highest BCUT2D eigenvalue weighted by Gasteiger charge is 2.15. The second kappa shape index (κ2) is 5.81. The van der Waals surface area contributed by atoms with Crippen LogP contribution in [0.25, 0.3) is 0 Å². The van der Waals surface area contributed by atoms with Gasteiger partial charge in [0.15, 0.2) is 0 Å². The fraction of sp³-hybridized carbons (Fsp3) is 0.364. The van der Waals surface area contributed by atoms with Crippen LogP contribution in [0.4, 0.5) is 0 Å². The number of aliphatic hydroxyl groups excluding tert-OH is 1. The average molecular weight is 313 g/mol. The zero-order chi connectivity index (χ0) is 13.0. The van der Waals surface area contributed by atoms with Crippen LogP contribution >= 0.6 is 15.9 Å². The molecule has 0 bridgehead atoms. The van der Waals surface area contributed by atoms with Gasteiger partial charge in [0, 0.05) is 12.6 Å². The predicted octanol–water partition coefficient (Wildman–Crippen LogP) is 0.973. The Morgan fingerprint density at radius 3 is 3.06 bits per heavy atom. The number of alkyl halides is 1. The van der Waals surface area contributed by atoms with E-state index in [1.807, 2.05) is 6.08 Å². The van der Waals surface area contributed by atoms with Gasteiger partial charge in [0.1, 0.15) is 5.76 Å². The van der Waals surface area contributed by atoms with Crippen molar-refractivity contribution in [2.45, 2.75) is 17.7 Å². The summed E-state index contributed by atoms with van der Waals surface area (Å²) in [7, 11) is 0. The van der Waals surface area contributed by atoms with Crippen LogP contribution < -0.4 is 10.9 Å². The van der Waals surface area contributed by atoms with Crippen molar-refractivity contribution in [2.75, 3.05) is 6.54 Å². The lowest BCUT2D eigenvalue weighted by Crippen LogP contribution is -2.43. The Morgan fingerprint density at radius 1 is 1.56 bits per heavy atom. The number of hydrogen-bond acceptors (Lipinski definition) is 5. The van der Waals surface area contributed by atoms with Crippen LogP contribution in [0.15, 0.2) is 33.5 Å². The average Bonchev–Trinajstić information content (AvgIpc) is 2.38. The minimum Gasteiger partial charge on any atom is -0.511 e. The first kappa shape index (κ1) is 12.8. The van der Waals surface area contributed by atoms with Crippen molar-refractivity contribution in [1.29, 1.82) is 0 Å². The quantitative estimate of drug-likeness (QED) is 0.498. The van der Waals surface area contributed by atoms with Crippen molar-refractivity contribution in [3.8, 4) is 0 Å². The van der Waals surface area contributed by atoms with E-state index in [-0.39, 0.29) is 16.2 Å². The molecule has 2 aliphatic rings. The fourth-order valence-corrected chi connectivity index (χ4v) is 1.79. The van der Waals surface area contributed by atoms with Crippen LogP contribution in [-0.4, -0.2) is 34.6 Å². The number of hydrogen-bond donors (Lipinski definition) is 3. The Hall–Kier alpha value is -1.63. The predicted molar refractivity (Wildman–Crippen MR) is 72.8 cm³/mol. The number of amides is 1. The molecule has 0 saturated carbocycles. The minimum atomic E-state index is -0.401. The number of aliphatic hydroxyl groups is 1. The van der Waals surface area contributed by atoms with E-state index in [1.54, 1.807) is 12.3 Å². The third-order valence-electron chi connectivity index (χ3n) is 2.45. The van der Waals surface area contributed by atoms with Gasteiger partial charge in [-0.2, -0.15) is 0 Å². The van der Waals surface area contributed by atoms with Gasteiger partial charge in [0.25, 0.3) is 5.91 Å². The van der Waals surface area contributed by atoms with E-state index in [0.29, 0.717) is 18.9 Å². The molecule has 3 N–H and O–H groups in total. The summed E-state index contributed by atoms with van der Waals surface area (Å²) in [4.78, 5) is 20.0. The molecule has 7 heteroatoms. The lowest BCUT2D eigenvalue weighted by molar-refractivity contribution is -0.117. The van der Waals surface area contributed by atoms with Crippen molar-refractivity contribution < 1.29 is 9.90 Å². The van der Waals surface area contributed by atoms with Crippen LogP contribution in [-0.2, 0) is 4.79 Å². The number of nitrogens with one attached hydrogen (secondary N) is 2. The highest BCUT2D eigenvalue weighted by molar-refractivity contribution is 9.10. The van der Waals surface area contributed by atoms with Gasteiger partial charge in [-0.05, 0) is 12.5 Å². The number of aliphatic imine (C=N–C) groups is 2. The highest BCUT2D eigenvalue weighted by Crippen LogP contribution is 2.16. The summed E-state index contributed by atoms with van der Waals surface area (Å²) in [6.07, 6.45) is 6.39. The van der Waals surface area contributed by atoms with Gasteiger partial charge >= 0.3 is 0 Å². The van der Waals surface area contributed by atoms with Crippen LogP contribution in [0.1, 0.15) is 12.8 Å². The van der Waals surface area contributed by atoms with Gasteiger partial charge in [-0.15, -0.1) is 0 Å². The van der Waals surface area contributed by atoms with E-state index in [4.69, 9.17) is 0 Å². The molecule has 0 aromatic carbocycles. The van der Waals surface area contributed by atoms with Crippen LogP contribution in [0.5, 0.6) is 0 Å². The molecule has 0 aromatic heterocycles. The Kier molecular flexibility index (Phi) is 4.14. The smallest absolute Gasteiger partial charge is 0.273 e. The lowest BCUT2D eigenvalue weighted by atomic mass is 10.1. The summed E-state index contributed by atoms with van der Waals surface area (Å²) in [5.41, 5.74) is 5.33. The summed E-state index contributed by atoms with van der Waals surface area (Å²) in [5, 5.41) is 9.58. The van der Waals surface area contributed by atoms with Crippen LogP contribution in [0.2, 0.25) is 0 Å². The van der Waals surface area contributed by atoms with Crippen LogP contribution in [0, 0.1) is 0 Å². The van der Waals surface area contributed by atoms with Crippen LogP contribution in [0.3, 0.4) is 0 Å². The molecule has 1 aliphatic heterocycles. The van der Waals surface area contributed by atoms with E-state index >= 15 is 0 Å². The first-order valence-electron chi connectivity index (χ1n) is 5.54. The molecule has 6 nitrogen and oxygen atoms in total. The summed E-state index contributed by atoms with van der Waals surface area (Å²) in [6, 6.07) is 0. The van der Waals surface area contributed by atoms with E-state index < -0.39 is 5.91 Å². The Morgan fingerprint density at radius 2 is 2.39 bits per heavy atom. The summed E-state index contributed by atoms with van der Waals surface area (Å²) in [6.45, 7) is 0.565. The molecule has 2 rings (SSSR count). The SMILES string of the molecule is O=C(NNC1=NCC(Br)C=N1)C1=C(O)CCC=C1. The summed E-state index contributed by atoms with van der Waals surface area (Å²) < 4.78 is 0. The van der Waals surface area contributed by atoms with Gasteiger partial charge in [0.05, 0.1) is 16.9 Å². The van der Waals surface area contributed by atoms with E-state index in [0.717, 1.165) is 6.42 Å². The number of allylic oxidation sites excluding steroid dienone is 2. The number of carbonyl (C=O) groups is 1. The zero-order valence-corrected chi connectivity index (χ0v) is 11.1. The maximum absolute atomic E-state index is 11.8. The third-order valence-corrected chi connectivity index (χ3v) is 2.98. The van der Waals surface area contributed by atoms with E-state index in [2.05, 4.69) is 36.8 Å². The summed E-state index contributed by atoms with van der Waals surface area (Å²) in [5.74, 6) is 0.0488. The Bertz CT molecular complexity index is 468. The fourth-order valence-electron chi connectivity index (χ4n) is 1.52. The van der Waals surface area contributed by atoms with Crippen molar-refractivity contribution in [3.63, 3.8) is 0 Å². The molecular formula is C11H13BrN4O2. The number of halogens is 1. The molecule has 0 radical (unpaired) electrons. The third kappa shape index (κ3) is 3.19. The van der Waals surface area contributed by atoms with E-state index in [1.165, 1.54) is 0 Å². The molecule has 0 fully saturated rings. The second-order valence-electron chi connectivity index (χ2n) is 3.84. The molecule has 0 saturated heterocycles. The minimum absolute atomic E-state index is 0.103. The molecular weight excluding hydrogens is 300 g/mol. The maximum Gasteiger partial charge on any atom is 0.273 e. The van der Waals surface area contributed by atoms with Crippen molar-refractivity contribution in [3.05, 3.63) is 23.5 Å². The number of nitrogens with zero attached hydrogens (tertiary/aromatic N) is 2. The summed E-state index contributed by atoms with van der Waals surface area (Å²) >= 11 is 3.35. The van der Waals surface area contributed by atoms with Gasteiger partial charge in [-0.3, -0.25) is 15.6 Å². The molecule has 96 valence electrons. The van der Waals surface area contributed by atoms with Gasteiger partial charge in [0.2, 0.25) is 5.96 Å². The number of hydrazine groups is 1. The molecule has 1 amide bonds. The standard InChI is InChI=1S/C11H13BrN4O2/c12-7-5-13-11(14-6-7)16-15-10(18)8-3-1-2-4-9(8)17/h1,3,5,7,17H,2,4,6H2,(H,14,16)(H,15,18). The maximum atomic E-state index is 11.8. The Balaban J connectivity index is 1.89. The molecule has 0 spiro atoms. The number of carbonyl (C=O) groups excluding carboxylic acids is 1. The van der Waals surface area contributed by atoms with Gasteiger partial charge < -0.3 is 5.11 Å². The normalized spacial score (nSPS) is 22.7. The largest absolute Gasteiger partial charge is 0.511 e. The van der Waals surface area contributed by atoms with Crippen molar-refractivity contribution >= 4 is 34.0 Å².